The van der Waals surface area contributed by atoms with E-state index in [1.54, 1.807) is 6.07 Å². The minimum Gasteiger partial charge on any atom is -0.352 e. The van der Waals surface area contributed by atoms with E-state index in [-0.39, 0.29) is 5.91 Å². The Morgan fingerprint density at radius 1 is 1.53 bits per heavy atom. The standard InChI is InChI=1S/C12H14BrClFNO/c1-8(2-3-14)7-16-12(17)9-4-10(13)6-11(15)5-9/h4-6,8H,2-3,7H2,1H3,(H,16,17). The smallest absolute Gasteiger partial charge is 0.251 e. The van der Waals surface area contributed by atoms with Crippen LogP contribution in [0, 0.1) is 11.7 Å². The fourth-order valence-corrected chi connectivity index (χ4v) is 2.18. The van der Waals surface area contributed by atoms with Crippen molar-refractivity contribution in [1.29, 1.82) is 0 Å². The predicted octanol–water partition coefficient (Wildman–Crippen LogP) is 3.58. The van der Waals surface area contributed by atoms with Gasteiger partial charge in [0.15, 0.2) is 0 Å². The molecule has 0 bridgehead atoms. The molecule has 1 amide bonds. The average molecular weight is 323 g/mol. The maximum atomic E-state index is 13.1. The molecule has 0 aliphatic rings. The second-order valence-corrected chi connectivity index (χ2v) is 5.24. The molecule has 0 aromatic heterocycles. The summed E-state index contributed by atoms with van der Waals surface area (Å²) in [6, 6.07) is 4.11. The van der Waals surface area contributed by atoms with Gasteiger partial charge in [0.1, 0.15) is 5.82 Å². The molecule has 1 aromatic rings. The zero-order valence-corrected chi connectivity index (χ0v) is 11.8. The molecule has 0 saturated carbocycles. The Hall–Kier alpha value is -0.610. The fraction of sp³-hybridized carbons (Fsp3) is 0.417. The van der Waals surface area contributed by atoms with Gasteiger partial charge in [-0.1, -0.05) is 22.9 Å². The summed E-state index contributed by atoms with van der Waals surface area (Å²) in [5, 5.41) is 2.75. The summed E-state index contributed by atoms with van der Waals surface area (Å²) >= 11 is 8.75. The largest absolute Gasteiger partial charge is 0.352 e. The lowest BCUT2D eigenvalue weighted by atomic mass is 10.1. The second kappa shape index (κ2) is 6.97. The zero-order valence-electron chi connectivity index (χ0n) is 9.47. The maximum Gasteiger partial charge on any atom is 0.251 e. The zero-order chi connectivity index (χ0) is 12.8. The number of halogens is 3. The highest BCUT2D eigenvalue weighted by atomic mass is 79.9. The molecule has 0 heterocycles. The quantitative estimate of drug-likeness (QED) is 0.825. The summed E-state index contributed by atoms with van der Waals surface area (Å²) in [6.45, 7) is 2.55. The normalized spacial score (nSPS) is 12.2. The van der Waals surface area contributed by atoms with Crippen molar-refractivity contribution < 1.29 is 9.18 Å². The van der Waals surface area contributed by atoms with E-state index in [0.29, 0.717) is 28.4 Å². The van der Waals surface area contributed by atoms with Crippen molar-refractivity contribution >= 4 is 33.4 Å². The Morgan fingerprint density at radius 2 is 2.24 bits per heavy atom. The number of amides is 1. The molecule has 1 unspecified atom stereocenters. The number of carbonyl (C=O) groups is 1. The summed E-state index contributed by atoms with van der Waals surface area (Å²) in [5.41, 5.74) is 0.315. The van der Waals surface area contributed by atoms with E-state index in [1.807, 2.05) is 6.92 Å². The van der Waals surface area contributed by atoms with Crippen LogP contribution in [0.25, 0.3) is 0 Å². The van der Waals surface area contributed by atoms with Crippen LogP contribution in [0.5, 0.6) is 0 Å². The molecule has 0 radical (unpaired) electrons. The number of nitrogens with one attached hydrogen (secondary N) is 1. The third-order valence-electron chi connectivity index (χ3n) is 2.34. The van der Waals surface area contributed by atoms with Crippen molar-refractivity contribution in [1.82, 2.24) is 5.32 Å². The Labute approximate surface area is 114 Å². The lowest BCUT2D eigenvalue weighted by Crippen LogP contribution is -2.28. The van der Waals surface area contributed by atoms with E-state index < -0.39 is 5.82 Å². The molecule has 17 heavy (non-hydrogen) atoms. The topological polar surface area (TPSA) is 29.1 Å². The van der Waals surface area contributed by atoms with Crippen molar-refractivity contribution in [2.45, 2.75) is 13.3 Å². The fourth-order valence-electron chi connectivity index (χ4n) is 1.34. The van der Waals surface area contributed by atoms with Crippen molar-refractivity contribution in [2.24, 2.45) is 5.92 Å². The second-order valence-electron chi connectivity index (χ2n) is 3.95. The molecule has 1 atom stereocenters. The summed E-state index contributed by atoms with van der Waals surface area (Å²) < 4.78 is 13.6. The number of hydrogen-bond donors (Lipinski definition) is 1. The Balaban J connectivity index is 2.58. The van der Waals surface area contributed by atoms with Crippen LogP contribution in [0.2, 0.25) is 0 Å². The number of benzene rings is 1. The van der Waals surface area contributed by atoms with Gasteiger partial charge in [-0.3, -0.25) is 4.79 Å². The third kappa shape index (κ3) is 5.04. The Bertz CT molecular complexity index is 380. The molecule has 0 aliphatic carbocycles. The van der Waals surface area contributed by atoms with Crippen molar-refractivity contribution in [3.63, 3.8) is 0 Å². The van der Waals surface area contributed by atoms with Gasteiger partial charge < -0.3 is 5.32 Å². The molecule has 0 aliphatic heterocycles. The molecule has 0 saturated heterocycles. The summed E-state index contributed by atoms with van der Waals surface area (Å²) in [7, 11) is 0. The van der Waals surface area contributed by atoms with Crippen LogP contribution >= 0.6 is 27.5 Å². The highest BCUT2D eigenvalue weighted by Gasteiger charge is 2.09. The predicted molar refractivity (Wildman–Crippen MR) is 70.9 cm³/mol. The first kappa shape index (κ1) is 14.5. The average Bonchev–Trinajstić information content (AvgIpc) is 2.25. The van der Waals surface area contributed by atoms with Gasteiger partial charge in [-0.15, -0.1) is 11.6 Å². The van der Waals surface area contributed by atoms with Crippen LogP contribution in [0.1, 0.15) is 23.7 Å². The molecular weight excluding hydrogens is 308 g/mol. The van der Waals surface area contributed by atoms with Gasteiger partial charge in [0, 0.05) is 22.5 Å². The summed E-state index contributed by atoms with van der Waals surface area (Å²) in [5.74, 6) is 0.182. The minimum atomic E-state index is -0.432. The monoisotopic (exact) mass is 321 g/mol. The molecule has 0 fully saturated rings. The van der Waals surface area contributed by atoms with E-state index in [2.05, 4.69) is 21.2 Å². The van der Waals surface area contributed by atoms with Crippen LogP contribution in [-0.4, -0.2) is 18.3 Å². The Morgan fingerprint density at radius 3 is 2.82 bits per heavy atom. The SMILES string of the molecule is CC(CCCl)CNC(=O)c1cc(F)cc(Br)c1. The van der Waals surface area contributed by atoms with Gasteiger partial charge in [-0.2, -0.15) is 0 Å². The van der Waals surface area contributed by atoms with E-state index in [0.717, 1.165) is 6.42 Å². The number of carbonyl (C=O) groups excluding carboxylic acids is 1. The van der Waals surface area contributed by atoms with E-state index in [1.165, 1.54) is 12.1 Å². The van der Waals surface area contributed by atoms with E-state index in [4.69, 9.17) is 11.6 Å². The highest BCUT2D eigenvalue weighted by molar-refractivity contribution is 9.10. The maximum absolute atomic E-state index is 13.1. The molecule has 2 nitrogen and oxygen atoms in total. The molecular formula is C12H14BrClFNO. The lowest BCUT2D eigenvalue weighted by molar-refractivity contribution is 0.0947. The molecule has 94 valence electrons. The van der Waals surface area contributed by atoms with Gasteiger partial charge in [0.2, 0.25) is 0 Å². The molecule has 1 aromatic carbocycles. The number of hydrogen-bond acceptors (Lipinski definition) is 1. The molecule has 1 N–H and O–H groups in total. The first-order valence-corrected chi connectivity index (χ1v) is 6.66. The van der Waals surface area contributed by atoms with E-state index >= 15 is 0 Å². The van der Waals surface area contributed by atoms with Gasteiger partial charge in [-0.05, 0) is 30.5 Å². The highest BCUT2D eigenvalue weighted by Crippen LogP contribution is 2.15. The molecule has 1 rings (SSSR count). The lowest BCUT2D eigenvalue weighted by Gasteiger charge is -2.11. The van der Waals surface area contributed by atoms with Crippen molar-refractivity contribution in [2.75, 3.05) is 12.4 Å². The van der Waals surface area contributed by atoms with Crippen LogP contribution in [0.3, 0.4) is 0 Å². The summed E-state index contributed by atoms with van der Waals surface area (Å²) in [4.78, 5) is 11.7. The van der Waals surface area contributed by atoms with Gasteiger partial charge >= 0.3 is 0 Å². The van der Waals surface area contributed by atoms with Crippen LogP contribution in [0.15, 0.2) is 22.7 Å². The first-order valence-electron chi connectivity index (χ1n) is 5.33. The van der Waals surface area contributed by atoms with Crippen LogP contribution in [-0.2, 0) is 0 Å². The van der Waals surface area contributed by atoms with Crippen LogP contribution in [0.4, 0.5) is 4.39 Å². The third-order valence-corrected chi connectivity index (χ3v) is 3.01. The van der Waals surface area contributed by atoms with Crippen LogP contribution < -0.4 is 5.32 Å². The minimum absolute atomic E-state index is 0.272. The molecule has 0 spiro atoms. The first-order chi connectivity index (χ1) is 8.02. The van der Waals surface area contributed by atoms with Gasteiger partial charge in [0.05, 0.1) is 0 Å². The van der Waals surface area contributed by atoms with E-state index in [9.17, 15) is 9.18 Å². The van der Waals surface area contributed by atoms with Gasteiger partial charge in [-0.25, -0.2) is 4.39 Å². The summed E-state index contributed by atoms with van der Waals surface area (Å²) in [6.07, 6.45) is 0.842. The number of alkyl halides is 1. The number of rotatable bonds is 5. The van der Waals surface area contributed by atoms with Crippen molar-refractivity contribution in [3.8, 4) is 0 Å². The Kier molecular flexibility index (Phi) is 5.92. The van der Waals surface area contributed by atoms with Gasteiger partial charge in [0.25, 0.3) is 5.91 Å². The molecule has 5 heteroatoms. The van der Waals surface area contributed by atoms with Crippen molar-refractivity contribution in [3.05, 3.63) is 34.1 Å².